The van der Waals surface area contributed by atoms with Gasteiger partial charge in [0.2, 0.25) is 0 Å². The Morgan fingerprint density at radius 2 is 1.72 bits per heavy atom. The van der Waals surface area contributed by atoms with Crippen molar-refractivity contribution in [2.75, 3.05) is 0 Å². The van der Waals surface area contributed by atoms with E-state index in [1.807, 2.05) is 0 Å². The number of rotatable bonds is 2. The highest BCUT2D eigenvalue weighted by molar-refractivity contribution is 9.10. The lowest BCUT2D eigenvalue weighted by Gasteiger charge is -2.21. The van der Waals surface area contributed by atoms with E-state index in [-0.39, 0.29) is 0 Å². The first-order chi connectivity index (χ1) is 7.99. The van der Waals surface area contributed by atoms with Crippen LogP contribution in [-0.4, -0.2) is 11.6 Å². The van der Waals surface area contributed by atoms with Crippen molar-refractivity contribution in [1.82, 2.24) is 0 Å². The molecular weight excluding hydrogens is 299 g/mol. The fourth-order valence-corrected chi connectivity index (χ4v) is 1.88. The van der Waals surface area contributed by atoms with Gasteiger partial charge < -0.3 is 4.74 Å². The maximum Gasteiger partial charge on any atom is 0.338 e. The van der Waals surface area contributed by atoms with E-state index in [0.29, 0.717) is 15.6 Å². The van der Waals surface area contributed by atoms with Gasteiger partial charge in [-0.2, -0.15) is 0 Å². The molecule has 18 heavy (non-hydrogen) atoms. The molecule has 0 heterocycles. The molecule has 0 unspecified atom stereocenters. The number of alkyl halides is 1. The second kappa shape index (κ2) is 5.00. The fourth-order valence-electron chi connectivity index (χ4n) is 1.39. The molecule has 0 atom stereocenters. The van der Waals surface area contributed by atoms with Gasteiger partial charge in [0, 0.05) is 4.47 Å². The Labute approximate surface area is 116 Å². The molecule has 100 valence electrons. The number of carbonyl (C=O) groups is 1. The first kappa shape index (κ1) is 15.2. The second-order valence-electron chi connectivity index (χ2n) is 5.70. The third kappa shape index (κ3) is 4.41. The smallest absolute Gasteiger partial charge is 0.338 e. The minimum absolute atomic E-state index is 0.347. The van der Waals surface area contributed by atoms with Crippen molar-refractivity contribution in [2.45, 2.75) is 45.9 Å². The van der Waals surface area contributed by atoms with Gasteiger partial charge in [0.15, 0.2) is 0 Å². The number of halogens is 2. The highest BCUT2D eigenvalue weighted by Crippen LogP contribution is 2.29. The lowest BCUT2D eigenvalue weighted by molar-refractivity contribution is 0.00692. The molecule has 0 radical (unpaired) electrons. The summed E-state index contributed by atoms with van der Waals surface area (Å²) >= 11 is 3.28. The van der Waals surface area contributed by atoms with Crippen LogP contribution in [0.2, 0.25) is 0 Å². The molecular formula is C14H18BrFO2. The highest BCUT2D eigenvalue weighted by Gasteiger charge is 2.23. The Hall–Kier alpha value is -0.900. The average Bonchev–Trinajstić information content (AvgIpc) is 2.12. The summed E-state index contributed by atoms with van der Waals surface area (Å²) in [6.45, 7) is 8.29. The van der Waals surface area contributed by atoms with Crippen LogP contribution >= 0.6 is 15.9 Å². The minimum atomic E-state index is -1.50. The first-order valence-electron chi connectivity index (χ1n) is 5.72. The van der Waals surface area contributed by atoms with Crippen molar-refractivity contribution in [1.29, 1.82) is 0 Å². The number of ether oxygens (including phenoxy) is 1. The van der Waals surface area contributed by atoms with Crippen molar-refractivity contribution in [3.05, 3.63) is 33.8 Å². The number of hydrogen-bond acceptors (Lipinski definition) is 2. The summed E-state index contributed by atoms with van der Waals surface area (Å²) in [5, 5.41) is 0. The van der Waals surface area contributed by atoms with Crippen LogP contribution in [0, 0.1) is 0 Å². The molecule has 0 spiro atoms. The van der Waals surface area contributed by atoms with Crippen molar-refractivity contribution in [3.8, 4) is 0 Å². The fraction of sp³-hybridized carbons (Fsp3) is 0.500. The van der Waals surface area contributed by atoms with E-state index in [1.54, 1.807) is 32.9 Å². The summed E-state index contributed by atoms with van der Waals surface area (Å²) in [4.78, 5) is 11.9. The SMILES string of the molecule is CC(C)(C)OC(=O)c1cc(Br)cc(C(C)(C)F)c1. The molecule has 1 aromatic rings. The molecule has 0 amide bonds. The molecule has 0 saturated heterocycles. The molecule has 0 aromatic heterocycles. The topological polar surface area (TPSA) is 26.3 Å². The minimum Gasteiger partial charge on any atom is -0.456 e. The summed E-state index contributed by atoms with van der Waals surface area (Å²) in [6, 6.07) is 4.82. The molecule has 0 aliphatic carbocycles. The zero-order valence-electron chi connectivity index (χ0n) is 11.3. The third-order valence-corrected chi connectivity index (χ3v) is 2.68. The summed E-state index contributed by atoms with van der Waals surface area (Å²) in [5.74, 6) is -0.450. The lowest BCUT2D eigenvalue weighted by atomic mass is 9.98. The van der Waals surface area contributed by atoms with Crippen LogP contribution in [0.5, 0.6) is 0 Å². The number of esters is 1. The van der Waals surface area contributed by atoms with Gasteiger partial charge in [-0.15, -0.1) is 0 Å². The Balaban J connectivity index is 3.11. The lowest BCUT2D eigenvalue weighted by Crippen LogP contribution is -2.24. The Morgan fingerprint density at radius 3 is 2.17 bits per heavy atom. The molecule has 1 rings (SSSR count). The van der Waals surface area contributed by atoms with Gasteiger partial charge in [-0.1, -0.05) is 15.9 Å². The third-order valence-electron chi connectivity index (χ3n) is 2.22. The Bertz CT molecular complexity index is 456. The van der Waals surface area contributed by atoms with E-state index in [4.69, 9.17) is 4.74 Å². The van der Waals surface area contributed by atoms with Crippen molar-refractivity contribution < 1.29 is 13.9 Å². The zero-order valence-corrected chi connectivity index (χ0v) is 12.9. The van der Waals surface area contributed by atoms with E-state index < -0.39 is 17.2 Å². The molecule has 0 aliphatic rings. The molecule has 0 bridgehead atoms. The van der Waals surface area contributed by atoms with Crippen molar-refractivity contribution in [3.63, 3.8) is 0 Å². The van der Waals surface area contributed by atoms with E-state index >= 15 is 0 Å². The van der Waals surface area contributed by atoms with Gasteiger partial charge in [0.1, 0.15) is 11.3 Å². The summed E-state index contributed by atoms with van der Waals surface area (Å²) in [5.41, 5.74) is -1.27. The van der Waals surface area contributed by atoms with Gasteiger partial charge in [-0.05, 0) is 58.4 Å². The van der Waals surface area contributed by atoms with Crippen LogP contribution in [0.1, 0.15) is 50.5 Å². The van der Waals surface area contributed by atoms with Gasteiger partial charge in [0.25, 0.3) is 0 Å². The van der Waals surface area contributed by atoms with Crippen LogP contribution in [0.25, 0.3) is 0 Å². The Morgan fingerprint density at radius 1 is 1.17 bits per heavy atom. The van der Waals surface area contributed by atoms with Crippen LogP contribution < -0.4 is 0 Å². The van der Waals surface area contributed by atoms with Crippen molar-refractivity contribution >= 4 is 21.9 Å². The average molecular weight is 317 g/mol. The number of hydrogen-bond donors (Lipinski definition) is 0. The molecule has 1 aromatic carbocycles. The van der Waals surface area contributed by atoms with Crippen molar-refractivity contribution in [2.24, 2.45) is 0 Å². The van der Waals surface area contributed by atoms with E-state index in [2.05, 4.69) is 15.9 Å². The molecule has 0 saturated carbocycles. The molecule has 0 N–H and O–H groups in total. The molecule has 0 fully saturated rings. The maximum atomic E-state index is 13.9. The van der Waals surface area contributed by atoms with Crippen LogP contribution in [0.15, 0.2) is 22.7 Å². The Kier molecular flexibility index (Phi) is 4.21. The van der Waals surface area contributed by atoms with E-state index in [0.717, 1.165) is 0 Å². The van der Waals surface area contributed by atoms with Gasteiger partial charge in [-0.3, -0.25) is 0 Å². The quantitative estimate of drug-likeness (QED) is 0.745. The summed E-state index contributed by atoms with van der Waals surface area (Å²) in [6.07, 6.45) is 0. The van der Waals surface area contributed by atoms with Gasteiger partial charge in [-0.25, -0.2) is 9.18 Å². The molecule has 0 aliphatic heterocycles. The molecule has 4 heteroatoms. The molecule has 2 nitrogen and oxygen atoms in total. The normalized spacial score (nSPS) is 12.4. The van der Waals surface area contributed by atoms with Gasteiger partial charge in [0.05, 0.1) is 5.56 Å². The largest absolute Gasteiger partial charge is 0.456 e. The predicted octanol–water partition coefficient (Wildman–Crippen LogP) is 4.61. The standard InChI is InChI=1S/C14H18BrFO2/c1-13(2,3)18-12(17)9-6-10(14(4,5)16)8-11(15)7-9/h6-8H,1-5H3. The first-order valence-corrected chi connectivity index (χ1v) is 6.52. The van der Waals surface area contributed by atoms with Crippen LogP contribution in [-0.2, 0) is 10.4 Å². The summed E-state index contributed by atoms with van der Waals surface area (Å²) < 4.78 is 19.8. The van der Waals surface area contributed by atoms with E-state index in [9.17, 15) is 9.18 Å². The monoisotopic (exact) mass is 316 g/mol. The predicted molar refractivity (Wildman–Crippen MR) is 73.4 cm³/mol. The highest BCUT2D eigenvalue weighted by atomic mass is 79.9. The second-order valence-corrected chi connectivity index (χ2v) is 6.62. The van der Waals surface area contributed by atoms with Gasteiger partial charge >= 0.3 is 5.97 Å². The number of carbonyl (C=O) groups excluding carboxylic acids is 1. The van der Waals surface area contributed by atoms with Crippen LogP contribution in [0.4, 0.5) is 4.39 Å². The van der Waals surface area contributed by atoms with E-state index in [1.165, 1.54) is 19.9 Å². The maximum absolute atomic E-state index is 13.9. The summed E-state index contributed by atoms with van der Waals surface area (Å²) in [7, 11) is 0. The zero-order chi connectivity index (χ0) is 14.1. The van der Waals surface area contributed by atoms with Crippen LogP contribution in [0.3, 0.4) is 0 Å². The number of benzene rings is 1.